The highest BCUT2D eigenvalue weighted by Gasteiger charge is 2.33. The van der Waals surface area contributed by atoms with Crippen LogP contribution < -0.4 is 10.0 Å². The number of nitrogens with zero attached hydrogens (tertiary/aromatic N) is 1. The van der Waals surface area contributed by atoms with Crippen molar-refractivity contribution < 1.29 is 22.7 Å². The van der Waals surface area contributed by atoms with E-state index >= 15 is 0 Å². The molecule has 0 unspecified atom stereocenters. The molecule has 2 rings (SSSR count). The standard InChI is InChI=1S/C14H19N3O5S/c1-17-13(18)11-4-3-10(9-12(11)14(17)19)23(20,21)16-6-5-15-7-8-22-2/h3-4,9,15-16H,5-8H2,1-2H3. The Kier molecular flexibility index (Phi) is 5.47. The quantitative estimate of drug-likeness (QED) is 0.484. The topological polar surface area (TPSA) is 105 Å². The molecule has 0 atom stereocenters. The SMILES string of the molecule is COCCNCCNS(=O)(=O)c1ccc2c(c1)C(=O)N(C)C2=O. The summed E-state index contributed by atoms with van der Waals surface area (Å²) in [5.74, 6) is -0.924. The fraction of sp³-hybridized carbons (Fsp3) is 0.429. The van der Waals surface area contributed by atoms with Gasteiger partial charge in [0.1, 0.15) is 0 Å². The minimum atomic E-state index is -3.74. The Balaban J connectivity index is 2.04. The molecule has 0 bridgehead atoms. The Bertz CT molecular complexity index is 717. The van der Waals surface area contributed by atoms with Gasteiger partial charge in [-0.1, -0.05) is 0 Å². The van der Waals surface area contributed by atoms with E-state index in [1.807, 2.05) is 0 Å². The molecule has 0 aliphatic carbocycles. The number of fused-ring (bicyclic) bond motifs is 1. The number of carbonyl (C=O) groups is 2. The van der Waals surface area contributed by atoms with E-state index in [1.54, 1.807) is 7.11 Å². The van der Waals surface area contributed by atoms with Gasteiger partial charge in [0.2, 0.25) is 10.0 Å². The lowest BCUT2D eigenvalue weighted by molar-refractivity contribution is 0.0693. The predicted molar refractivity (Wildman–Crippen MR) is 82.8 cm³/mol. The molecule has 8 nitrogen and oxygen atoms in total. The fourth-order valence-electron chi connectivity index (χ4n) is 2.16. The number of hydrogen-bond donors (Lipinski definition) is 2. The summed E-state index contributed by atoms with van der Waals surface area (Å²) in [6, 6.07) is 3.92. The van der Waals surface area contributed by atoms with E-state index < -0.39 is 21.8 Å². The zero-order chi connectivity index (χ0) is 17.0. The highest BCUT2D eigenvalue weighted by molar-refractivity contribution is 7.89. The summed E-state index contributed by atoms with van der Waals surface area (Å²) in [6.07, 6.45) is 0. The Labute approximate surface area is 134 Å². The van der Waals surface area contributed by atoms with E-state index in [0.717, 1.165) is 4.90 Å². The summed E-state index contributed by atoms with van der Waals surface area (Å²) in [5.41, 5.74) is 0.330. The summed E-state index contributed by atoms with van der Waals surface area (Å²) >= 11 is 0. The maximum Gasteiger partial charge on any atom is 0.261 e. The number of benzene rings is 1. The van der Waals surface area contributed by atoms with E-state index in [1.165, 1.54) is 25.2 Å². The van der Waals surface area contributed by atoms with Gasteiger partial charge < -0.3 is 10.1 Å². The Morgan fingerprint density at radius 2 is 1.78 bits per heavy atom. The van der Waals surface area contributed by atoms with Gasteiger partial charge in [-0.15, -0.1) is 0 Å². The highest BCUT2D eigenvalue weighted by atomic mass is 32.2. The van der Waals surface area contributed by atoms with Gasteiger partial charge in [-0.25, -0.2) is 13.1 Å². The zero-order valence-electron chi connectivity index (χ0n) is 13.0. The van der Waals surface area contributed by atoms with E-state index in [9.17, 15) is 18.0 Å². The van der Waals surface area contributed by atoms with Crippen LogP contribution in [0.3, 0.4) is 0 Å². The molecule has 1 aliphatic heterocycles. The van der Waals surface area contributed by atoms with Gasteiger partial charge in [0.25, 0.3) is 11.8 Å². The lowest BCUT2D eigenvalue weighted by Crippen LogP contribution is -2.33. The summed E-state index contributed by atoms with van der Waals surface area (Å²) in [6.45, 7) is 1.82. The smallest absolute Gasteiger partial charge is 0.261 e. The van der Waals surface area contributed by atoms with Crippen LogP contribution in [0.15, 0.2) is 23.1 Å². The molecular formula is C14H19N3O5S. The molecular weight excluding hydrogens is 322 g/mol. The second-order valence-corrected chi connectivity index (χ2v) is 6.78. The van der Waals surface area contributed by atoms with E-state index in [2.05, 4.69) is 10.0 Å². The number of hydrogen-bond acceptors (Lipinski definition) is 6. The van der Waals surface area contributed by atoms with E-state index in [-0.39, 0.29) is 22.6 Å². The number of sulfonamides is 1. The minimum absolute atomic E-state index is 0.0374. The van der Waals surface area contributed by atoms with Crippen molar-refractivity contribution in [2.45, 2.75) is 4.90 Å². The summed E-state index contributed by atoms with van der Waals surface area (Å²) < 4.78 is 31.7. The average molecular weight is 341 g/mol. The first kappa shape index (κ1) is 17.5. The van der Waals surface area contributed by atoms with Crippen molar-refractivity contribution in [2.75, 3.05) is 40.4 Å². The molecule has 9 heteroatoms. The molecule has 0 radical (unpaired) electrons. The van der Waals surface area contributed by atoms with Crippen LogP contribution in [-0.4, -0.2) is 65.5 Å². The average Bonchev–Trinajstić information content (AvgIpc) is 2.75. The maximum atomic E-state index is 12.2. The van der Waals surface area contributed by atoms with Crippen LogP contribution in [0, 0.1) is 0 Å². The Hall–Kier alpha value is -1.81. The van der Waals surface area contributed by atoms with Crippen molar-refractivity contribution in [1.82, 2.24) is 14.9 Å². The van der Waals surface area contributed by atoms with Gasteiger partial charge in [0, 0.05) is 33.8 Å². The van der Waals surface area contributed by atoms with Crippen LogP contribution in [0.5, 0.6) is 0 Å². The third-order valence-corrected chi connectivity index (χ3v) is 4.91. The largest absolute Gasteiger partial charge is 0.383 e. The lowest BCUT2D eigenvalue weighted by Gasteiger charge is -2.08. The molecule has 0 spiro atoms. The molecule has 0 saturated heterocycles. The molecule has 1 aromatic carbocycles. The molecule has 126 valence electrons. The van der Waals surface area contributed by atoms with Crippen LogP contribution >= 0.6 is 0 Å². The summed E-state index contributed by atoms with van der Waals surface area (Å²) in [7, 11) is -0.787. The van der Waals surface area contributed by atoms with Crippen molar-refractivity contribution in [3.05, 3.63) is 29.3 Å². The molecule has 23 heavy (non-hydrogen) atoms. The number of rotatable bonds is 8. The second-order valence-electron chi connectivity index (χ2n) is 5.02. The van der Waals surface area contributed by atoms with Crippen molar-refractivity contribution in [3.63, 3.8) is 0 Å². The Morgan fingerprint density at radius 3 is 2.48 bits per heavy atom. The van der Waals surface area contributed by atoms with Crippen LogP contribution in [0.25, 0.3) is 0 Å². The molecule has 1 aromatic rings. The fourth-order valence-corrected chi connectivity index (χ4v) is 3.22. The van der Waals surface area contributed by atoms with Crippen LogP contribution in [0.4, 0.5) is 0 Å². The van der Waals surface area contributed by atoms with Crippen LogP contribution in [0.2, 0.25) is 0 Å². The Morgan fingerprint density at radius 1 is 1.09 bits per heavy atom. The summed E-state index contributed by atoms with van der Waals surface area (Å²) in [4.78, 5) is 24.6. The normalized spacial score (nSPS) is 14.4. The number of imide groups is 1. The molecule has 0 saturated carbocycles. The number of carbonyl (C=O) groups excluding carboxylic acids is 2. The second kappa shape index (κ2) is 7.18. The third-order valence-electron chi connectivity index (χ3n) is 3.45. The summed E-state index contributed by atoms with van der Waals surface area (Å²) in [5, 5.41) is 3.01. The number of amides is 2. The number of nitrogens with one attached hydrogen (secondary N) is 2. The molecule has 2 amide bonds. The van der Waals surface area contributed by atoms with Gasteiger partial charge in [-0.05, 0) is 18.2 Å². The molecule has 2 N–H and O–H groups in total. The van der Waals surface area contributed by atoms with Gasteiger partial charge in [-0.3, -0.25) is 14.5 Å². The van der Waals surface area contributed by atoms with Crippen molar-refractivity contribution in [1.29, 1.82) is 0 Å². The van der Waals surface area contributed by atoms with Gasteiger partial charge in [-0.2, -0.15) is 0 Å². The monoisotopic (exact) mass is 341 g/mol. The number of methoxy groups -OCH3 is 1. The van der Waals surface area contributed by atoms with Gasteiger partial charge >= 0.3 is 0 Å². The molecule has 1 aliphatic rings. The first-order valence-electron chi connectivity index (χ1n) is 7.04. The predicted octanol–water partition coefficient (Wildman–Crippen LogP) is -0.573. The van der Waals surface area contributed by atoms with Crippen LogP contribution in [-0.2, 0) is 14.8 Å². The molecule has 0 aromatic heterocycles. The number of ether oxygens (including phenoxy) is 1. The molecule has 1 heterocycles. The first-order valence-corrected chi connectivity index (χ1v) is 8.52. The first-order chi connectivity index (χ1) is 10.9. The third kappa shape index (κ3) is 3.75. The van der Waals surface area contributed by atoms with Crippen molar-refractivity contribution >= 4 is 21.8 Å². The van der Waals surface area contributed by atoms with Crippen molar-refractivity contribution in [3.8, 4) is 0 Å². The lowest BCUT2D eigenvalue weighted by atomic mass is 10.1. The molecule has 0 fully saturated rings. The highest BCUT2D eigenvalue weighted by Crippen LogP contribution is 2.24. The zero-order valence-corrected chi connectivity index (χ0v) is 13.8. The van der Waals surface area contributed by atoms with Crippen molar-refractivity contribution in [2.24, 2.45) is 0 Å². The van der Waals surface area contributed by atoms with Gasteiger partial charge in [0.05, 0.1) is 22.6 Å². The van der Waals surface area contributed by atoms with Gasteiger partial charge in [0.15, 0.2) is 0 Å². The minimum Gasteiger partial charge on any atom is -0.383 e. The van der Waals surface area contributed by atoms with E-state index in [0.29, 0.717) is 19.7 Å². The maximum absolute atomic E-state index is 12.2. The van der Waals surface area contributed by atoms with Crippen LogP contribution in [0.1, 0.15) is 20.7 Å². The van der Waals surface area contributed by atoms with E-state index in [4.69, 9.17) is 4.74 Å².